The zero-order valence-corrected chi connectivity index (χ0v) is 19.6. The number of hydrogen-bond donors (Lipinski definition) is 3. The Balaban J connectivity index is 1.59. The molecule has 0 radical (unpaired) electrons. The van der Waals surface area contributed by atoms with E-state index in [1.54, 1.807) is 24.5 Å². The maximum Gasteiger partial charge on any atom is 0.242 e. The van der Waals surface area contributed by atoms with Gasteiger partial charge in [0.05, 0.1) is 12.1 Å². The molecule has 0 bridgehead atoms. The molecule has 2 fully saturated rings. The second-order valence-corrected chi connectivity index (χ2v) is 9.63. The van der Waals surface area contributed by atoms with Crippen LogP contribution in [0.3, 0.4) is 0 Å². The van der Waals surface area contributed by atoms with Gasteiger partial charge in [-0.25, -0.2) is 10.9 Å². The number of aromatic nitrogens is 1. The molecule has 2 aliphatic heterocycles. The molecule has 164 valence electrons. The van der Waals surface area contributed by atoms with Crippen LogP contribution in [0, 0.1) is 12.8 Å². The van der Waals surface area contributed by atoms with Gasteiger partial charge in [0.15, 0.2) is 0 Å². The molecule has 4 atom stereocenters. The molecular weight excluding hydrogens is 492 g/mol. The van der Waals surface area contributed by atoms with Crippen LogP contribution in [-0.2, 0) is 11.3 Å². The Bertz CT molecular complexity index is 1160. The third kappa shape index (κ3) is 3.69. The van der Waals surface area contributed by atoms with Crippen molar-refractivity contribution < 1.29 is 9.90 Å². The van der Waals surface area contributed by atoms with E-state index in [9.17, 15) is 9.90 Å². The highest BCUT2D eigenvalue weighted by molar-refractivity contribution is 9.10. The fourth-order valence-electron chi connectivity index (χ4n) is 4.82. The highest BCUT2D eigenvalue weighted by Gasteiger charge is 2.55. The Morgan fingerprint density at radius 3 is 2.62 bits per heavy atom. The largest absolute Gasteiger partial charge is 0.508 e. The molecule has 8 heteroatoms. The number of likely N-dealkylation sites (tertiary alicyclic amines) is 1. The number of carbonyl (C=O) groups is 1. The highest BCUT2D eigenvalue weighted by Crippen LogP contribution is 2.49. The van der Waals surface area contributed by atoms with Crippen LogP contribution in [0.2, 0.25) is 5.02 Å². The van der Waals surface area contributed by atoms with E-state index in [4.69, 9.17) is 11.6 Å². The van der Waals surface area contributed by atoms with Crippen molar-refractivity contribution in [3.05, 3.63) is 92.7 Å². The van der Waals surface area contributed by atoms with Crippen LogP contribution in [0.15, 0.2) is 65.4 Å². The number of halogens is 2. The van der Waals surface area contributed by atoms with Gasteiger partial charge in [0.2, 0.25) is 5.91 Å². The van der Waals surface area contributed by atoms with Crippen molar-refractivity contribution >= 4 is 33.4 Å². The van der Waals surface area contributed by atoms with E-state index >= 15 is 0 Å². The normalized spacial score (nSPS) is 24.7. The fourth-order valence-corrected chi connectivity index (χ4v) is 5.26. The molecule has 3 N–H and O–H groups in total. The average Bonchev–Trinajstić information content (AvgIpc) is 3.32. The van der Waals surface area contributed by atoms with Gasteiger partial charge in [-0.1, -0.05) is 45.7 Å². The van der Waals surface area contributed by atoms with Gasteiger partial charge in [0, 0.05) is 39.9 Å². The van der Waals surface area contributed by atoms with Crippen molar-refractivity contribution in [1.82, 2.24) is 20.7 Å². The number of phenolic OH excluding ortho intramolecular Hbond substituents is 1. The number of phenols is 1. The minimum atomic E-state index is -0.426. The summed E-state index contributed by atoms with van der Waals surface area (Å²) >= 11 is 9.90. The summed E-state index contributed by atoms with van der Waals surface area (Å²) in [6.45, 7) is 2.31. The topological polar surface area (TPSA) is 77.5 Å². The number of carbonyl (C=O) groups excluding carboxylic acids is 1. The fraction of sp³-hybridized carbons (Fsp3) is 0.250. The Kier molecular flexibility index (Phi) is 5.67. The smallest absolute Gasteiger partial charge is 0.242 e. The van der Waals surface area contributed by atoms with Crippen molar-refractivity contribution in [2.75, 3.05) is 0 Å². The number of hydrazine groups is 1. The molecule has 0 spiro atoms. The van der Waals surface area contributed by atoms with Crippen LogP contribution in [-0.4, -0.2) is 26.9 Å². The Hall–Kier alpha value is -2.45. The number of fused-ring (bicyclic) bond motifs is 1. The van der Waals surface area contributed by atoms with E-state index in [2.05, 4.69) is 31.8 Å². The number of nitrogens with zero attached hydrogens (tertiary/aromatic N) is 2. The second-order valence-electron chi connectivity index (χ2n) is 8.31. The number of nitrogens with one attached hydrogen (secondary N) is 2. The minimum Gasteiger partial charge on any atom is -0.508 e. The Morgan fingerprint density at radius 2 is 1.91 bits per heavy atom. The van der Waals surface area contributed by atoms with Crippen molar-refractivity contribution in [3.63, 3.8) is 0 Å². The molecule has 3 aromatic rings. The molecule has 1 aromatic heterocycles. The predicted molar refractivity (Wildman–Crippen MR) is 126 cm³/mol. The van der Waals surface area contributed by atoms with Gasteiger partial charge >= 0.3 is 0 Å². The van der Waals surface area contributed by atoms with Crippen molar-refractivity contribution in [2.45, 2.75) is 31.6 Å². The van der Waals surface area contributed by atoms with E-state index in [0.29, 0.717) is 17.1 Å². The summed E-state index contributed by atoms with van der Waals surface area (Å²) in [7, 11) is 0. The molecule has 4 unspecified atom stereocenters. The number of aromatic hydroxyl groups is 1. The van der Waals surface area contributed by atoms with Crippen LogP contribution < -0.4 is 10.9 Å². The minimum absolute atomic E-state index is 0.0134. The first-order chi connectivity index (χ1) is 15.4. The van der Waals surface area contributed by atoms with Crippen molar-refractivity contribution in [2.24, 2.45) is 5.92 Å². The molecule has 0 saturated carbocycles. The Morgan fingerprint density at radius 1 is 1.16 bits per heavy atom. The van der Waals surface area contributed by atoms with Gasteiger partial charge in [0.1, 0.15) is 11.8 Å². The maximum atomic E-state index is 13.5. The highest BCUT2D eigenvalue weighted by atomic mass is 79.9. The number of rotatable bonds is 4. The Labute approximate surface area is 199 Å². The standard InChI is InChI=1S/C24H22BrClN4O2/c1-13-9-19(31)17(10-18(13)26)21-20-22(29-28-21)24(32)30(12-14-3-2-8-27-11-14)23(20)15-4-6-16(25)7-5-15/h2-11,20-23,28-29,31H,12H2,1H3. The third-order valence-electron chi connectivity index (χ3n) is 6.34. The van der Waals surface area contributed by atoms with E-state index in [0.717, 1.165) is 21.2 Å². The predicted octanol–water partition coefficient (Wildman–Crippen LogP) is 4.43. The van der Waals surface area contributed by atoms with Crippen LogP contribution in [0.1, 0.15) is 34.3 Å². The SMILES string of the molecule is Cc1cc(O)c(C2NNC3C(=O)N(Cc4cccnc4)C(c4ccc(Br)cc4)C32)cc1Cl. The molecule has 3 heterocycles. The number of benzene rings is 2. The van der Waals surface area contributed by atoms with Crippen LogP contribution in [0.5, 0.6) is 5.75 Å². The zero-order chi connectivity index (χ0) is 22.4. The first kappa shape index (κ1) is 21.4. The summed E-state index contributed by atoms with van der Waals surface area (Å²) in [5.74, 6) is 0.0315. The van der Waals surface area contributed by atoms with E-state index < -0.39 is 6.04 Å². The molecule has 2 saturated heterocycles. The summed E-state index contributed by atoms with van der Waals surface area (Å²) in [6, 6.07) is 14.4. The zero-order valence-electron chi connectivity index (χ0n) is 17.3. The molecule has 0 aliphatic carbocycles. The molecule has 1 amide bonds. The second kappa shape index (κ2) is 8.48. The lowest BCUT2D eigenvalue weighted by atomic mass is 9.83. The summed E-state index contributed by atoms with van der Waals surface area (Å²) < 4.78 is 0.975. The number of hydrogen-bond acceptors (Lipinski definition) is 5. The molecular formula is C24H22BrClN4O2. The van der Waals surface area contributed by atoms with E-state index in [1.807, 2.05) is 48.2 Å². The number of pyridine rings is 1. The van der Waals surface area contributed by atoms with Gasteiger partial charge in [0.25, 0.3) is 0 Å². The van der Waals surface area contributed by atoms with Crippen molar-refractivity contribution in [3.8, 4) is 5.75 Å². The molecule has 32 heavy (non-hydrogen) atoms. The third-order valence-corrected chi connectivity index (χ3v) is 7.28. The molecule has 2 aliphatic rings. The maximum absolute atomic E-state index is 13.5. The van der Waals surface area contributed by atoms with Crippen molar-refractivity contribution in [1.29, 1.82) is 0 Å². The van der Waals surface area contributed by atoms with Crippen LogP contribution >= 0.6 is 27.5 Å². The van der Waals surface area contributed by atoms with Gasteiger partial charge in [-0.2, -0.15) is 0 Å². The van der Waals surface area contributed by atoms with E-state index in [-0.39, 0.29) is 29.7 Å². The number of amides is 1. The van der Waals surface area contributed by atoms with Crippen LogP contribution in [0.25, 0.3) is 0 Å². The average molecular weight is 514 g/mol. The van der Waals surface area contributed by atoms with Gasteiger partial charge in [-0.15, -0.1) is 0 Å². The van der Waals surface area contributed by atoms with Gasteiger partial charge in [-0.3, -0.25) is 9.78 Å². The number of aryl methyl sites for hydroxylation is 1. The molecule has 2 aromatic carbocycles. The lowest BCUT2D eigenvalue weighted by Gasteiger charge is -2.31. The first-order valence-corrected chi connectivity index (χ1v) is 11.6. The lowest BCUT2D eigenvalue weighted by molar-refractivity contribution is -0.131. The summed E-state index contributed by atoms with van der Waals surface area (Å²) in [4.78, 5) is 19.6. The monoisotopic (exact) mass is 512 g/mol. The lowest BCUT2D eigenvalue weighted by Crippen LogP contribution is -2.41. The first-order valence-electron chi connectivity index (χ1n) is 10.4. The van der Waals surface area contributed by atoms with Gasteiger partial charge < -0.3 is 10.0 Å². The van der Waals surface area contributed by atoms with Crippen LogP contribution in [0.4, 0.5) is 0 Å². The molecule has 5 rings (SSSR count). The van der Waals surface area contributed by atoms with Gasteiger partial charge in [-0.05, 0) is 53.9 Å². The quantitative estimate of drug-likeness (QED) is 0.481. The summed E-state index contributed by atoms with van der Waals surface area (Å²) in [5, 5.41) is 11.3. The summed E-state index contributed by atoms with van der Waals surface area (Å²) in [5.41, 5.74) is 9.92. The summed E-state index contributed by atoms with van der Waals surface area (Å²) in [6.07, 6.45) is 3.51. The van der Waals surface area contributed by atoms with E-state index in [1.165, 1.54) is 0 Å². The molecule has 6 nitrogen and oxygen atoms in total.